The van der Waals surface area contributed by atoms with Crippen molar-refractivity contribution in [3.63, 3.8) is 0 Å². The van der Waals surface area contributed by atoms with Gasteiger partial charge in [0.05, 0.1) is 5.92 Å². The maximum atomic E-state index is 12.2. The van der Waals surface area contributed by atoms with E-state index >= 15 is 0 Å². The molecule has 1 aromatic carbocycles. The van der Waals surface area contributed by atoms with E-state index in [1.54, 1.807) is 4.90 Å². The zero-order valence-corrected chi connectivity index (χ0v) is 14.0. The number of carbonyl (C=O) groups excluding carboxylic acids is 2. The van der Waals surface area contributed by atoms with Crippen LogP contribution in [-0.4, -0.2) is 35.5 Å². The Morgan fingerprint density at radius 1 is 1.20 bits per heavy atom. The molecule has 1 fully saturated rings. The lowest BCUT2D eigenvalue weighted by Gasteiger charge is -2.38. The number of ketones is 1. The average Bonchev–Trinajstić information content (AvgIpc) is 2.25. The monoisotopic (exact) mass is 387 g/mol. The second kappa shape index (κ2) is 5.71. The Bertz CT molecular complexity index is 513. The van der Waals surface area contributed by atoms with Crippen LogP contribution in [0.25, 0.3) is 0 Å². The molecule has 20 heavy (non-hydrogen) atoms. The van der Waals surface area contributed by atoms with Gasteiger partial charge >= 0.3 is 6.09 Å². The number of hydrogen-bond acceptors (Lipinski definition) is 3. The molecular formula is C15H18INO3. The van der Waals surface area contributed by atoms with Gasteiger partial charge in [0, 0.05) is 22.2 Å². The topological polar surface area (TPSA) is 46.6 Å². The van der Waals surface area contributed by atoms with E-state index in [0.717, 1.165) is 3.57 Å². The first-order chi connectivity index (χ1) is 9.26. The summed E-state index contributed by atoms with van der Waals surface area (Å²) in [7, 11) is 0. The van der Waals surface area contributed by atoms with Crippen molar-refractivity contribution < 1.29 is 14.3 Å². The molecule has 0 aromatic heterocycles. The number of halogens is 1. The van der Waals surface area contributed by atoms with Gasteiger partial charge in [0.25, 0.3) is 0 Å². The summed E-state index contributed by atoms with van der Waals surface area (Å²) in [4.78, 5) is 25.6. The fourth-order valence-electron chi connectivity index (χ4n) is 1.97. The molecule has 0 spiro atoms. The third kappa shape index (κ3) is 3.71. The molecule has 108 valence electrons. The van der Waals surface area contributed by atoms with Gasteiger partial charge in [-0.3, -0.25) is 4.79 Å². The van der Waals surface area contributed by atoms with Gasteiger partial charge in [-0.25, -0.2) is 4.79 Å². The summed E-state index contributed by atoms with van der Waals surface area (Å²) >= 11 is 2.20. The first kappa shape index (κ1) is 15.3. The lowest BCUT2D eigenvalue weighted by Crippen LogP contribution is -2.54. The Kier molecular flexibility index (Phi) is 4.36. The molecule has 0 N–H and O–H groups in total. The highest BCUT2D eigenvalue weighted by atomic mass is 127. The van der Waals surface area contributed by atoms with E-state index in [4.69, 9.17) is 4.74 Å². The highest BCUT2D eigenvalue weighted by Gasteiger charge is 2.37. The molecule has 1 aliphatic heterocycles. The minimum atomic E-state index is -0.498. The Morgan fingerprint density at radius 2 is 1.75 bits per heavy atom. The second-order valence-corrected chi connectivity index (χ2v) is 7.20. The Hall–Kier alpha value is -1.11. The fraction of sp³-hybridized carbons (Fsp3) is 0.467. The normalized spacial score (nSPS) is 15.7. The lowest BCUT2D eigenvalue weighted by molar-refractivity contribution is 0.00149. The van der Waals surface area contributed by atoms with E-state index in [0.29, 0.717) is 18.7 Å². The molecule has 1 saturated heterocycles. The van der Waals surface area contributed by atoms with E-state index < -0.39 is 5.60 Å². The second-order valence-electron chi connectivity index (χ2n) is 5.95. The zero-order chi connectivity index (χ0) is 14.9. The third-order valence-electron chi connectivity index (χ3n) is 3.03. The number of carbonyl (C=O) groups is 2. The van der Waals surface area contributed by atoms with Crippen molar-refractivity contribution >= 4 is 34.5 Å². The Balaban J connectivity index is 1.88. The number of rotatable bonds is 2. The van der Waals surface area contributed by atoms with Crippen LogP contribution < -0.4 is 0 Å². The van der Waals surface area contributed by atoms with Crippen molar-refractivity contribution in [2.24, 2.45) is 5.92 Å². The van der Waals surface area contributed by atoms with Crippen molar-refractivity contribution in [1.29, 1.82) is 0 Å². The summed E-state index contributed by atoms with van der Waals surface area (Å²) < 4.78 is 6.37. The quantitative estimate of drug-likeness (QED) is 0.578. The lowest BCUT2D eigenvalue weighted by atomic mass is 9.91. The molecular weight excluding hydrogens is 369 g/mol. The number of hydrogen-bond donors (Lipinski definition) is 0. The van der Waals surface area contributed by atoms with Crippen LogP contribution in [0.3, 0.4) is 0 Å². The molecule has 4 nitrogen and oxygen atoms in total. The first-order valence-corrected chi connectivity index (χ1v) is 7.62. The van der Waals surface area contributed by atoms with Crippen LogP contribution in [0.15, 0.2) is 24.3 Å². The minimum absolute atomic E-state index is 0.0983. The minimum Gasteiger partial charge on any atom is -0.444 e. The van der Waals surface area contributed by atoms with Crippen molar-refractivity contribution in [3.8, 4) is 0 Å². The van der Waals surface area contributed by atoms with Gasteiger partial charge in [-0.05, 0) is 55.5 Å². The van der Waals surface area contributed by atoms with E-state index in [1.165, 1.54) is 0 Å². The smallest absolute Gasteiger partial charge is 0.410 e. The number of amides is 1. The maximum absolute atomic E-state index is 12.2. The molecule has 0 bridgehead atoms. The fourth-order valence-corrected chi connectivity index (χ4v) is 2.33. The maximum Gasteiger partial charge on any atom is 0.410 e. The van der Waals surface area contributed by atoms with Gasteiger partial charge in [0.1, 0.15) is 5.60 Å². The van der Waals surface area contributed by atoms with Crippen LogP contribution in [0.2, 0.25) is 0 Å². The molecule has 0 radical (unpaired) electrons. The van der Waals surface area contributed by atoms with Crippen molar-refractivity contribution in [1.82, 2.24) is 4.90 Å². The summed E-state index contributed by atoms with van der Waals surface area (Å²) in [5.74, 6) is -0.0104. The predicted octanol–water partition coefficient (Wildman–Crippen LogP) is 3.34. The summed E-state index contributed by atoms with van der Waals surface area (Å²) in [6, 6.07) is 7.50. The molecule has 0 saturated carbocycles. The molecule has 5 heteroatoms. The Labute approximate surface area is 132 Å². The highest BCUT2D eigenvalue weighted by Crippen LogP contribution is 2.23. The number of ether oxygens (including phenoxy) is 1. The first-order valence-electron chi connectivity index (χ1n) is 6.54. The molecule has 0 aliphatic carbocycles. The molecule has 1 aromatic rings. The molecule has 0 unspecified atom stereocenters. The van der Waals surface area contributed by atoms with E-state index in [1.807, 2.05) is 45.0 Å². The van der Waals surface area contributed by atoms with E-state index in [-0.39, 0.29) is 17.8 Å². The molecule has 0 atom stereocenters. The van der Waals surface area contributed by atoms with E-state index in [2.05, 4.69) is 22.6 Å². The van der Waals surface area contributed by atoms with E-state index in [9.17, 15) is 9.59 Å². The van der Waals surface area contributed by atoms with Crippen LogP contribution in [-0.2, 0) is 4.74 Å². The average molecular weight is 387 g/mol. The predicted molar refractivity (Wildman–Crippen MR) is 84.8 cm³/mol. The van der Waals surface area contributed by atoms with Crippen LogP contribution in [0.1, 0.15) is 31.1 Å². The van der Waals surface area contributed by atoms with Crippen LogP contribution in [0.5, 0.6) is 0 Å². The van der Waals surface area contributed by atoms with Crippen LogP contribution in [0.4, 0.5) is 4.79 Å². The highest BCUT2D eigenvalue weighted by molar-refractivity contribution is 14.1. The summed E-state index contributed by atoms with van der Waals surface area (Å²) in [5.41, 5.74) is 0.210. The van der Waals surface area contributed by atoms with Crippen LogP contribution in [0, 0.1) is 9.49 Å². The SMILES string of the molecule is CC(C)(C)OC(=O)N1CC(C(=O)c2ccc(I)cc2)C1. The number of nitrogens with zero attached hydrogens (tertiary/aromatic N) is 1. The molecule has 1 heterocycles. The van der Waals surface area contributed by atoms with Crippen LogP contribution >= 0.6 is 22.6 Å². The van der Waals surface area contributed by atoms with Gasteiger partial charge in [0.2, 0.25) is 0 Å². The van der Waals surface area contributed by atoms with Gasteiger partial charge in [-0.15, -0.1) is 0 Å². The van der Waals surface area contributed by atoms with Gasteiger partial charge in [0.15, 0.2) is 5.78 Å². The van der Waals surface area contributed by atoms with Crippen molar-refractivity contribution in [3.05, 3.63) is 33.4 Å². The number of benzene rings is 1. The molecule has 1 amide bonds. The van der Waals surface area contributed by atoms with Crippen molar-refractivity contribution in [2.45, 2.75) is 26.4 Å². The van der Waals surface area contributed by atoms with Crippen molar-refractivity contribution in [2.75, 3.05) is 13.1 Å². The standard InChI is InChI=1S/C15H18INO3/c1-15(2,3)20-14(19)17-8-11(9-17)13(18)10-4-6-12(16)7-5-10/h4-7,11H,8-9H2,1-3H3. The molecule has 1 aliphatic rings. The number of Topliss-reactive ketones (excluding diaryl/α,β-unsaturated/α-hetero) is 1. The summed E-state index contributed by atoms with van der Waals surface area (Å²) in [6.07, 6.45) is -0.343. The summed E-state index contributed by atoms with van der Waals surface area (Å²) in [6.45, 7) is 6.39. The zero-order valence-electron chi connectivity index (χ0n) is 11.9. The van der Waals surface area contributed by atoms with Gasteiger partial charge in [-0.1, -0.05) is 12.1 Å². The summed E-state index contributed by atoms with van der Waals surface area (Å²) in [5, 5.41) is 0. The number of likely N-dealkylation sites (tertiary alicyclic amines) is 1. The van der Waals surface area contributed by atoms with Gasteiger partial charge in [-0.2, -0.15) is 0 Å². The molecule has 2 rings (SSSR count). The largest absolute Gasteiger partial charge is 0.444 e. The van der Waals surface area contributed by atoms with Gasteiger partial charge < -0.3 is 9.64 Å². The third-order valence-corrected chi connectivity index (χ3v) is 3.75. The Morgan fingerprint density at radius 3 is 2.25 bits per heavy atom.